The average molecular weight is 364 g/mol. The van der Waals surface area contributed by atoms with Crippen molar-refractivity contribution in [2.24, 2.45) is 0 Å². The van der Waals surface area contributed by atoms with Crippen LogP contribution in [0.4, 0.5) is 10.1 Å². The van der Waals surface area contributed by atoms with Gasteiger partial charge >= 0.3 is 0 Å². The molecule has 0 heterocycles. The highest BCUT2D eigenvalue weighted by molar-refractivity contribution is 5.94. The van der Waals surface area contributed by atoms with E-state index in [1.165, 1.54) is 12.1 Å². The van der Waals surface area contributed by atoms with Crippen molar-refractivity contribution in [1.29, 1.82) is 0 Å². The number of carbonyl (C=O) groups excluding carboxylic acids is 1. The molecule has 27 heavy (non-hydrogen) atoms. The van der Waals surface area contributed by atoms with Crippen LogP contribution < -0.4 is 15.4 Å². The number of ether oxygens (including phenoxy) is 1. The fourth-order valence-electron chi connectivity index (χ4n) is 2.61. The van der Waals surface area contributed by atoms with Crippen molar-refractivity contribution < 1.29 is 13.9 Å². The largest absolute Gasteiger partial charge is 0.457 e. The molecular weight excluding hydrogens is 343 g/mol. The van der Waals surface area contributed by atoms with Crippen molar-refractivity contribution in [3.05, 3.63) is 89.2 Å². The van der Waals surface area contributed by atoms with E-state index in [9.17, 15) is 9.18 Å². The molecule has 0 aliphatic carbocycles. The van der Waals surface area contributed by atoms with Crippen LogP contribution in [0.3, 0.4) is 0 Å². The van der Waals surface area contributed by atoms with Crippen LogP contribution in [0.2, 0.25) is 0 Å². The second-order valence-electron chi connectivity index (χ2n) is 6.15. The first kappa shape index (κ1) is 18.5. The zero-order chi connectivity index (χ0) is 19.2. The molecule has 4 nitrogen and oxygen atoms in total. The molecule has 3 aromatic carbocycles. The summed E-state index contributed by atoms with van der Waals surface area (Å²) < 4.78 is 18.6. The van der Waals surface area contributed by atoms with Crippen molar-refractivity contribution in [1.82, 2.24) is 5.32 Å². The molecular formula is C22H21FN2O2. The van der Waals surface area contributed by atoms with Gasteiger partial charge in [-0.05, 0) is 78.7 Å². The first-order chi connectivity index (χ1) is 13.0. The van der Waals surface area contributed by atoms with Gasteiger partial charge in [-0.15, -0.1) is 0 Å². The lowest BCUT2D eigenvalue weighted by atomic mass is 10.1. The third-order valence-corrected chi connectivity index (χ3v) is 4.24. The number of hydrogen-bond acceptors (Lipinski definition) is 3. The van der Waals surface area contributed by atoms with E-state index in [0.717, 1.165) is 16.8 Å². The molecule has 2 N–H and O–H groups in total. The quantitative estimate of drug-likeness (QED) is 0.654. The molecule has 138 valence electrons. The first-order valence-corrected chi connectivity index (χ1v) is 8.64. The monoisotopic (exact) mass is 364 g/mol. The molecule has 3 aromatic rings. The van der Waals surface area contributed by atoms with Gasteiger partial charge in [0.25, 0.3) is 5.91 Å². The van der Waals surface area contributed by atoms with Gasteiger partial charge in [0.15, 0.2) is 0 Å². The second-order valence-corrected chi connectivity index (χ2v) is 6.15. The Morgan fingerprint density at radius 3 is 2.22 bits per heavy atom. The SMILES string of the molecule is CNc1ccc(C)c(CNC(=O)c2ccc(Oc3ccc(F)cc3)cc2)c1. The van der Waals surface area contributed by atoms with Gasteiger partial charge in [0.2, 0.25) is 0 Å². The molecule has 0 fully saturated rings. The summed E-state index contributed by atoms with van der Waals surface area (Å²) in [6.45, 7) is 2.47. The van der Waals surface area contributed by atoms with Crippen LogP contribution in [0.15, 0.2) is 66.7 Å². The number of carbonyl (C=O) groups is 1. The molecule has 0 aliphatic rings. The lowest BCUT2D eigenvalue weighted by molar-refractivity contribution is 0.0951. The third kappa shape index (κ3) is 4.85. The van der Waals surface area contributed by atoms with Crippen LogP contribution >= 0.6 is 0 Å². The minimum Gasteiger partial charge on any atom is -0.457 e. The fourth-order valence-corrected chi connectivity index (χ4v) is 2.61. The van der Waals surface area contributed by atoms with Crippen LogP contribution in [-0.4, -0.2) is 13.0 Å². The van der Waals surface area contributed by atoms with Gasteiger partial charge < -0.3 is 15.4 Å². The van der Waals surface area contributed by atoms with Crippen molar-refractivity contribution in [3.8, 4) is 11.5 Å². The maximum atomic E-state index is 12.9. The molecule has 0 saturated carbocycles. The molecule has 0 aromatic heterocycles. The van der Waals surface area contributed by atoms with Crippen LogP contribution in [-0.2, 0) is 6.54 Å². The van der Waals surface area contributed by atoms with Gasteiger partial charge in [0.1, 0.15) is 17.3 Å². The summed E-state index contributed by atoms with van der Waals surface area (Å²) >= 11 is 0. The van der Waals surface area contributed by atoms with Crippen molar-refractivity contribution >= 4 is 11.6 Å². The topological polar surface area (TPSA) is 50.4 Å². The Kier molecular flexibility index (Phi) is 5.71. The molecule has 0 spiro atoms. The van der Waals surface area contributed by atoms with E-state index < -0.39 is 0 Å². The lowest BCUT2D eigenvalue weighted by Gasteiger charge is -2.11. The lowest BCUT2D eigenvalue weighted by Crippen LogP contribution is -2.23. The number of anilines is 1. The van der Waals surface area contributed by atoms with Crippen LogP contribution in [0.25, 0.3) is 0 Å². The van der Waals surface area contributed by atoms with E-state index in [1.807, 2.05) is 32.2 Å². The average Bonchev–Trinajstić information content (AvgIpc) is 2.69. The predicted molar refractivity (Wildman–Crippen MR) is 105 cm³/mol. The molecule has 0 atom stereocenters. The minimum atomic E-state index is -0.315. The van der Waals surface area contributed by atoms with Gasteiger partial charge in [-0.25, -0.2) is 4.39 Å². The smallest absolute Gasteiger partial charge is 0.251 e. The Labute approximate surface area is 158 Å². The van der Waals surface area contributed by atoms with E-state index in [-0.39, 0.29) is 11.7 Å². The standard InChI is InChI=1S/C22H21FN2O2/c1-15-3-8-19(24-2)13-17(15)14-25-22(26)16-4-9-20(10-5-16)27-21-11-6-18(23)7-12-21/h3-13,24H,14H2,1-2H3,(H,25,26). The number of benzene rings is 3. The molecule has 5 heteroatoms. The van der Waals surface area contributed by atoms with Gasteiger partial charge in [-0.3, -0.25) is 4.79 Å². The van der Waals surface area contributed by atoms with Crippen LogP contribution in [0, 0.1) is 12.7 Å². The Hall–Kier alpha value is -3.34. The van der Waals surface area contributed by atoms with Gasteiger partial charge in [0, 0.05) is 24.8 Å². The maximum Gasteiger partial charge on any atom is 0.251 e. The Balaban J connectivity index is 1.61. The molecule has 3 rings (SSSR count). The van der Waals surface area contributed by atoms with Gasteiger partial charge in [-0.1, -0.05) is 6.07 Å². The van der Waals surface area contributed by atoms with Crippen molar-refractivity contribution in [2.45, 2.75) is 13.5 Å². The minimum absolute atomic E-state index is 0.155. The van der Waals surface area contributed by atoms with E-state index in [0.29, 0.717) is 23.6 Å². The highest BCUT2D eigenvalue weighted by Gasteiger charge is 2.08. The summed E-state index contributed by atoms with van der Waals surface area (Å²) in [4.78, 5) is 12.4. The highest BCUT2D eigenvalue weighted by atomic mass is 19.1. The number of nitrogens with one attached hydrogen (secondary N) is 2. The summed E-state index contributed by atoms with van der Waals surface area (Å²) in [5.41, 5.74) is 3.74. The fraction of sp³-hybridized carbons (Fsp3) is 0.136. The number of halogens is 1. The summed E-state index contributed by atoms with van der Waals surface area (Å²) in [6, 6.07) is 18.6. The van der Waals surface area contributed by atoms with Gasteiger partial charge in [-0.2, -0.15) is 0 Å². The predicted octanol–water partition coefficient (Wildman–Crippen LogP) is 4.90. The number of hydrogen-bond donors (Lipinski definition) is 2. The van der Waals surface area contributed by atoms with Gasteiger partial charge in [0.05, 0.1) is 0 Å². The van der Waals surface area contributed by atoms with Crippen LogP contribution in [0.1, 0.15) is 21.5 Å². The Morgan fingerprint density at radius 2 is 1.59 bits per heavy atom. The Bertz CT molecular complexity index is 922. The van der Waals surface area contributed by atoms with Crippen LogP contribution in [0.5, 0.6) is 11.5 Å². The Morgan fingerprint density at radius 1 is 0.963 bits per heavy atom. The molecule has 0 unspecified atom stereocenters. The zero-order valence-corrected chi connectivity index (χ0v) is 15.3. The third-order valence-electron chi connectivity index (χ3n) is 4.24. The number of rotatable bonds is 6. The van der Waals surface area contributed by atoms with E-state index in [4.69, 9.17) is 4.74 Å². The summed E-state index contributed by atoms with van der Waals surface area (Å²) in [5, 5.41) is 6.03. The summed E-state index contributed by atoms with van der Waals surface area (Å²) in [7, 11) is 1.86. The number of aryl methyl sites for hydroxylation is 1. The van der Waals surface area contributed by atoms with Crippen molar-refractivity contribution in [2.75, 3.05) is 12.4 Å². The van der Waals surface area contributed by atoms with E-state index in [2.05, 4.69) is 10.6 Å². The van der Waals surface area contributed by atoms with E-state index in [1.54, 1.807) is 36.4 Å². The molecule has 0 saturated heterocycles. The number of amides is 1. The second kappa shape index (κ2) is 8.36. The highest BCUT2D eigenvalue weighted by Crippen LogP contribution is 2.22. The van der Waals surface area contributed by atoms with E-state index >= 15 is 0 Å². The molecule has 0 bridgehead atoms. The maximum absolute atomic E-state index is 12.9. The summed E-state index contributed by atoms with van der Waals surface area (Å²) in [5.74, 6) is 0.645. The first-order valence-electron chi connectivity index (χ1n) is 8.64. The molecule has 0 aliphatic heterocycles. The molecule has 1 amide bonds. The summed E-state index contributed by atoms with van der Waals surface area (Å²) in [6.07, 6.45) is 0. The normalized spacial score (nSPS) is 10.3. The molecule has 0 radical (unpaired) electrons. The zero-order valence-electron chi connectivity index (χ0n) is 15.3. The van der Waals surface area contributed by atoms with Crippen molar-refractivity contribution in [3.63, 3.8) is 0 Å².